The molecule has 0 heterocycles. The van der Waals surface area contributed by atoms with E-state index in [1.54, 1.807) is 13.0 Å². The molecule has 5 heteroatoms. The lowest BCUT2D eigenvalue weighted by Gasteiger charge is -2.25. The quantitative estimate of drug-likeness (QED) is 0.587. The number of rotatable bonds is 5. The summed E-state index contributed by atoms with van der Waals surface area (Å²) in [5, 5.41) is 0. The molecule has 104 valence electrons. The van der Waals surface area contributed by atoms with Crippen molar-refractivity contribution in [3.8, 4) is 0 Å². The molecule has 0 spiro atoms. The Hall–Kier alpha value is -1.11. The average Bonchev–Trinajstić information content (AvgIpc) is 2.35. The molecule has 0 aliphatic carbocycles. The van der Waals surface area contributed by atoms with Crippen molar-refractivity contribution in [2.24, 2.45) is 0 Å². The maximum atomic E-state index is 12.4. The molecule has 0 aromatic heterocycles. The number of esters is 1. The van der Waals surface area contributed by atoms with E-state index < -0.39 is 0 Å². The van der Waals surface area contributed by atoms with Crippen LogP contribution in [0.4, 0.5) is 0 Å². The third kappa shape index (κ3) is 4.81. The van der Waals surface area contributed by atoms with Crippen molar-refractivity contribution in [1.29, 1.82) is 0 Å². The number of carbonyl (C=O) groups is 2. The van der Waals surface area contributed by atoms with E-state index in [4.69, 9.17) is 4.74 Å². The van der Waals surface area contributed by atoms with Gasteiger partial charge < -0.3 is 9.64 Å². The molecular formula is C14H18INO3. The lowest BCUT2D eigenvalue weighted by molar-refractivity contribution is -0.144. The first-order valence-corrected chi connectivity index (χ1v) is 7.25. The molecule has 0 aliphatic rings. The molecule has 0 aliphatic heterocycles. The van der Waals surface area contributed by atoms with E-state index in [0.717, 1.165) is 3.57 Å². The van der Waals surface area contributed by atoms with Gasteiger partial charge >= 0.3 is 5.97 Å². The van der Waals surface area contributed by atoms with Gasteiger partial charge in [-0.25, -0.2) is 0 Å². The molecule has 0 saturated carbocycles. The van der Waals surface area contributed by atoms with Gasteiger partial charge in [0, 0.05) is 15.2 Å². The molecule has 0 N–H and O–H groups in total. The van der Waals surface area contributed by atoms with Crippen molar-refractivity contribution in [3.63, 3.8) is 0 Å². The van der Waals surface area contributed by atoms with Crippen LogP contribution in [0.3, 0.4) is 0 Å². The second-order valence-electron chi connectivity index (χ2n) is 4.34. The molecule has 1 rings (SSSR count). The van der Waals surface area contributed by atoms with Gasteiger partial charge in [-0.1, -0.05) is 6.07 Å². The Bertz CT molecular complexity index is 460. The smallest absolute Gasteiger partial charge is 0.325 e. The normalized spacial score (nSPS) is 10.4. The van der Waals surface area contributed by atoms with Crippen molar-refractivity contribution in [3.05, 3.63) is 33.4 Å². The lowest BCUT2D eigenvalue weighted by atomic mass is 10.1. The first kappa shape index (κ1) is 15.9. The highest BCUT2D eigenvalue weighted by atomic mass is 127. The fraction of sp³-hybridized carbons (Fsp3) is 0.429. The third-order valence-electron chi connectivity index (χ3n) is 2.56. The Morgan fingerprint density at radius 3 is 2.58 bits per heavy atom. The highest BCUT2D eigenvalue weighted by Crippen LogP contribution is 2.12. The minimum Gasteiger partial charge on any atom is -0.465 e. The minimum atomic E-state index is -0.379. The third-order valence-corrected chi connectivity index (χ3v) is 3.23. The van der Waals surface area contributed by atoms with E-state index in [2.05, 4.69) is 22.6 Å². The highest BCUT2D eigenvalue weighted by Gasteiger charge is 2.22. The van der Waals surface area contributed by atoms with Crippen molar-refractivity contribution in [2.45, 2.75) is 26.8 Å². The number of hydrogen-bond acceptors (Lipinski definition) is 3. The van der Waals surface area contributed by atoms with Crippen LogP contribution >= 0.6 is 22.6 Å². The number of ether oxygens (including phenoxy) is 1. The average molecular weight is 375 g/mol. The Morgan fingerprint density at radius 2 is 2.05 bits per heavy atom. The maximum absolute atomic E-state index is 12.4. The predicted octanol–water partition coefficient (Wildman–Crippen LogP) is 2.70. The van der Waals surface area contributed by atoms with Crippen LogP contribution < -0.4 is 0 Å². The Balaban J connectivity index is 2.87. The van der Waals surface area contributed by atoms with E-state index in [0.29, 0.717) is 12.2 Å². The summed E-state index contributed by atoms with van der Waals surface area (Å²) in [7, 11) is 0. The summed E-state index contributed by atoms with van der Waals surface area (Å²) in [4.78, 5) is 25.5. The first-order valence-electron chi connectivity index (χ1n) is 6.17. The fourth-order valence-electron chi connectivity index (χ4n) is 1.62. The number of halogens is 1. The van der Waals surface area contributed by atoms with Crippen LogP contribution in [-0.4, -0.2) is 36.0 Å². The highest BCUT2D eigenvalue weighted by molar-refractivity contribution is 14.1. The van der Waals surface area contributed by atoms with Crippen LogP contribution in [0.2, 0.25) is 0 Å². The first-order chi connectivity index (χ1) is 8.95. The van der Waals surface area contributed by atoms with Crippen molar-refractivity contribution >= 4 is 34.5 Å². The van der Waals surface area contributed by atoms with E-state index in [1.807, 2.05) is 32.0 Å². The molecular weight excluding hydrogens is 357 g/mol. The van der Waals surface area contributed by atoms with Gasteiger partial charge in [0.15, 0.2) is 0 Å². The zero-order chi connectivity index (χ0) is 14.4. The second kappa shape index (κ2) is 7.47. The van der Waals surface area contributed by atoms with Crippen LogP contribution in [0.25, 0.3) is 0 Å². The standard InChI is InChI=1S/C14H18INO3/c1-4-19-13(17)9-16(10(2)3)14(18)11-6-5-7-12(15)8-11/h5-8,10H,4,9H2,1-3H3. The van der Waals surface area contributed by atoms with Gasteiger partial charge in [0.05, 0.1) is 6.61 Å². The van der Waals surface area contributed by atoms with E-state index in [9.17, 15) is 9.59 Å². The van der Waals surface area contributed by atoms with Crippen molar-refractivity contribution in [2.75, 3.05) is 13.2 Å². The number of benzene rings is 1. The molecule has 0 saturated heterocycles. The van der Waals surface area contributed by atoms with E-state index in [-0.39, 0.29) is 24.5 Å². The maximum Gasteiger partial charge on any atom is 0.325 e. The van der Waals surface area contributed by atoms with Crippen LogP contribution in [0, 0.1) is 3.57 Å². The van der Waals surface area contributed by atoms with Crippen LogP contribution in [-0.2, 0) is 9.53 Å². The van der Waals surface area contributed by atoms with Gasteiger partial charge in [-0.05, 0) is 61.6 Å². The zero-order valence-corrected chi connectivity index (χ0v) is 13.5. The summed E-state index contributed by atoms with van der Waals surface area (Å²) in [6, 6.07) is 7.25. The summed E-state index contributed by atoms with van der Waals surface area (Å²) in [6.07, 6.45) is 0. The van der Waals surface area contributed by atoms with Crippen molar-refractivity contribution in [1.82, 2.24) is 4.90 Å². The molecule has 19 heavy (non-hydrogen) atoms. The van der Waals surface area contributed by atoms with Gasteiger partial charge in [-0.3, -0.25) is 9.59 Å². The summed E-state index contributed by atoms with van der Waals surface area (Å²) in [5.41, 5.74) is 0.588. The lowest BCUT2D eigenvalue weighted by Crippen LogP contribution is -2.41. The number of amides is 1. The van der Waals surface area contributed by atoms with Crippen LogP contribution in [0.15, 0.2) is 24.3 Å². The van der Waals surface area contributed by atoms with Crippen molar-refractivity contribution < 1.29 is 14.3 Å². The molecule has 1 amide bonds. The molecule has 0 fully saturated rings. The SMILES string of the molecule is CCOC(=O)CN(C(=O)c1cccc(I)c1)C(C)C. The van der Waals surface area contributed by atoms with Gasteiger partial charge in [0.25, 0.3) is 5.91 Å². The molecule has 0 atom stereocenters. The van der Waals surface area contributed by atoms with Crippen LogP contribution in [0.5, 0.6) is 0 Å². The molecule has 0 bridgehead atoms. The van der Waals surface area contributed by atoms with Gasteiger partial charge in [0.1, 0.15) is 6.54 Å². The zero-order valence-electron chi connectivity index (χ0n) is 11.4. The van der Waals surface area contributed by atoms with E-state index >= 15 is 0 Å². The minimum absolute atomic E-state index is 0.0180. The monoisotopic (exact) mass is 375 g/mol. The van der Waals surface area contributed by atoms with Gasteiger partial charge in [-0.2, -0.15) is 0 Å². The van der Waals surface area contributed by atoms with Crippen LogP contribution in [0.1, 0.15) is 31.1 Å². The molecule has 0 radical (unpaired) electrons. The predicted molar refractivity (Wildman–Crippen MR) is 82.0 cm³/mol. The molecule has 1 aromatic carbocycles. The number of hydrogen-bond donors (Lipinski definition) is 0. The molecule has 4 nitrogen and oxygen atoms in total. The van der Waals surface area contributed by atoms with Gasteiger partial charge in [0.2, 0.25) is 0 Å². The Kier molecular flexibility index (Phi) is 6.27. The summed E-state index contributed by atoms with van der Waals surface area (Å²) in [6.45, 7) is 5.81. The Labute approximate surface area is 127 Å². The second-order valence-corrected chi connectivity index (χ2v) is 5.59. The van der Waals surface area contributed by atoms with Gasteiger partial charge in [-0.15, -0.1) is 0 Å². The Morgan fingerprint density at radius 1 is 1.37 bits per heavy atom. The molecule has 0 unspecified atom stereocenters. The fourth-order valence-corrected chi connectivity index (χ4v) is 2.17. The number of carbonyl (C=O) groups excluding carboxylic acids is 2. The summed E-state index contributed by atoms with van der Waals surface area (Å²) >= 11 is 2.16. The summed E-state index contributed by atoms with van der Waals surface area (Å²) in [5.74, 6) is -0.531. The van der Waals surface area contributed by atoms with E-state index in [1.165, 1.54) is 4.90 Å². The molecule has 1 aromatic rings. The number of nitrogens with zero attached hydrogens (tertiary/aromatic N) is 1. The largest absolute Gasteiger partial charge is 0.465 e. The topological polar surface area (TPSA) is 46.6 Å². The summed E-state index contributed by atoms with van der Waals surface area (Å²) < 4.78 is 5.89.